The Morgan fingerprint density at radius 1 is 0.800 bits per heavy atom. The van der Waals surface area contributed by atoms with Crippen LogP contribution in [0.3, 0.4) is 0 Å². The van der Waals surface area contributed by atoms with E-state index in [1.54, 1.807) is 13.8 Å². The molecule has 2 aliphatic rings. The number of nitrogens with one attached hydrogen (secondary N) is 3. The van der Waals surface area contributed by atoms with Gasteiger partial charge >= 0.3 is 12.0 Å². The number of ether oxygens (including phenoxy) is 2. The molecule has 2 rings (SSSR count). The first-order valence-electron chi connectivity index (χ1n) is 18.3. The van der Waals surface area contributed by atoms with Crippen molar-refractivity contribution in [2.24, 2.45) is 11.3 Å². The number of amides is 3. The van der Waals surface area contributed by atoms with Crippen LogP contribution in [0.4, 0.5) is 4.79 Å². The molecule has 3 amide bonds. The molecule has 1 saturated heterocycles. The molecule has 0 aromatic rings. The zero-order valence-electron chi connectivity index (χ0n) is 29.4. The zero-order valence-corrected chi connectivity index (χ0v) is 29.4. The molecule has 1 aliphatic heterocycles. The van der Waals surface area contributed by atoms with Gasteiger partial charge in [-0.3, -0.25) is 9.59 Å². The third-order valence-electron chi connectivity index (χ3n) is 9.58. The van der Waals surface area contributed by atoms with E-state index in [0.29, 0.717) is 13.2 Å². The van der Waals surface area contributed by atoms with Gasteiger partial charge in [-0.15, -0.1) is 0 Å². The Hall–Kier alpha value is -1.87. The Balaban J connectivity index is 1.62. The first-order valence-corrected chi connectivity index (χ1v) is 18.3. The number of carboxylic acid groups (broad SMARTS) is 1. The van der Waals surface area contributed by atoms with Crippen molar-refractivity contribution in [3.63, 3.8) is 0 Å². The second-order valence-electron chi connectivity index (χ2n) is 14.8. The standard InChI is InChI=1S/C36H67N3O6/c1-6-7-8-9-10-11-12-13-14-15-16-17-18-19-20-21-25-37-34(43)39-29-24-22-23-28(29)30(26-31(40)41)38-33(42)32-35(2,3)27-44-36(4,5)45-32/h28-30,32H,6-27H2,1-5H3,(H,38,42)(H,40,41)(H2,37,39,43). The van der Waals surface area contributed by atoms with E-state index in [-0.39, 0.29) is 30.3 Å². The van der Waals surface area contributed by atoms with Gasteiger partial charge in [0.15, 0.2) is 5.79 Å². The second-order valence-corrected chi connectivity index (χ2v) is 14.8. The van der Waals surface area contributed by atoms with Crippen molar-refractivity contribution in [2.75, 3.05) is 13.2 Å². The van der Waals surface area contributed by atoms with Crippen LogP contribution in [0.1, 0.15) is 163 Å². The molecule has 45 heavy (non-hydrogen) atoms. The zero-order chi connectivity index (χ0) is 33.1. The van der Waals surface area contributed by atoms with Gasteiger partial charge in [0, 0.05) is 30.0 Å². The monoisotopic (exact) mass is 638 g/mol. The van der Waals surface area contributed by atoms with Crippen LogP contribution in [0.5, 0.6) is 0 Å². The molecular formula is C36H67N3O6. The van der Waals surface area contributed by atoms with Gasteiger partial charge in [-0.1, -0.05) is 124 Å². The van der Waals surface area contributed by atoms with Crippen LogP contribution in [-0.2, 0) is 19.1 Å². The van der Waals surface area contributed by atoms with E-state index in [9.17, 15) is 19.5 Å². The second kappa shape index (κ2) is 21.1. The summed E-state index contributed by atoms with van der Waals surface area (Å²) in [5, 5.41) is 18.7. The van der Waals surface area contributed by atoms with E-state index >= 15 is 0 Å². The van der Waals surface area contributed by atoms with Crippen LogP contribution < -0.4 is 16.0 Å². The molecule has 1 heterocycles. The summed E-state index contributed by atoms with van der Waals surface area (Å²) in [4.78, 5) is 37.9. The third kappa shape index (κ3) is 16.0. The SMILES string of the molecule is CCCCCCCCCCCCCCCCCCNC(=O)NC1CCCC1C(CC(=O)O)NC(=O)C1OC(C)(C)OCC1(C)C. The van der Waals surface area contributed by atoms with Crippen molar-refractivity contribution >= 4 is 17.9 Å². The summed E-state index contributed by atoms with van der Waals surface area (Å²) in [6.45, 7) is 10.6. The highest BCUT2D eigenvalue weighted by molar-refractivity contribution is 5.83. The van der Waals surface area contributed by atoms with E-state index < -0.39 is 29.3 Å². The predicted octanol–water partition coefficient (Wildman–Crippen LogP) is 7.85. The lowest BCUT2D eigenvalue weighted by molar-refractivity contribution is -0.304. The van der Waals surface area contributed by atoms with Crippen molar-refractivity contribution in [1.29, 1.82) is 0 Å². The van der Waals surface area contributed by atoms with Gasteiger partial charge in [-0.25, -0.2) is 4.79 Å². The number of rotatable bonds is 23. The molecule has 0 aromatic heterocycles. The van der Waals surface area contributed by atoms with Crippen LogP contribution in [0.15, 0.2) is 0 Å². The average molecular weight is 638 g/mol. The molecule has 0 bridgehead atoms. The van der Waals surface area contributed by atoms with E-state index in [0.717, 1.165) is 32.1 Å². The Kier molecular flexibility index (Phi) is 18.4. The maximum absolute atomic E-state index is 13.4. The summed E-state index contributed by atoms with van der Waals surface area (Å²) in [6, 6.07) is -1.02. The van der Waals surface area contributed by atoms with Gasteiger partial charge in [-0.2, -0.15) is 0 Å². The van der Waals surface area contributed by atoms with Gasteiger partial charge in [0.1, 0.15) is 6.10 Å². The van der Waals surface area contributed by atoms with Gasteiger partial charge in [0.05, 0.1) is 13.0 Å². The molecule has 0 spiro atoms. The minimum Gasteiger partial charge on any atom is -0.481 e. The van der Waals surface area contributed by atoms with Crippen LogP contribution in [0.2, 0.25) is 0 Å². The topological polar surface area (TPSA) is 126 Å². The molecule has 2 fully saturated rings. The van der Waals surface area contributed by atoms with E-state index in [4.69, 9.17) is 9.47 Å². The fourth-order valence-electron chi connectivity index (χ4n) is 6.82. The first kappa shape index (κ1) is 39.3. The maximum atomic E-state index is 13.4. The predicted molar refractivity (Wildman–Crippen MR) is 180 cm³/mol. The molecule has 1 aliphatic carbocycles. The van der Waals surface area contributed by atoms with Crippen LogP contribution in [0, 0.1) is 11.3 Å². The maximum Gasteiger partial charge on any atom is 0.315 e. The fraction of sp³-hybridized carbons (Fsp3) is 0.917. The summed E-state index contributed by atoms with van der Waals surface area (Å²) >= 11 is 0. The third-order valence-corrected chi connectivity index (χ3v) is 9.58. The lowest BCUT2D eigenvalue weighted by Crippen LogP contribution is -2.59. The number of hydrogen-bond donors (Lipinski definition) is 4. The number of carbonyl (C=O) groups is 3. The highest BCUT2D eigenvalue weighted by Gasteiger charge is 2.47. The smallest absolute Gasteiger partial charge is 0.315 e. The highest BCUT2D eigenvalue weighted by Crippen LogP contribution is 2.36. The van der Waals surface area contributed by atoms with E-state index in [1.807, 2.05) is 13.8 Å². The van der Waals surface area contributed by atoms with Crippen LogP contribution >= 0.6 is 0 Å². The summed E-state index contributed by atoms with van der Waals surface area (Å²) in [6.07, 6.45) is 22.4. The summed E-state index contributed by atoms with van der Waals surface area (Å²) in [7, 11) is 0. The van der Waals surface area contributed by atoms with Crippen LogP contribution in [-0.4, -0.2) is 60.1 Å². The number of aliphatic carboxylic acids is 1. The Bertz CT molecular complexity index is 864. The molecule has 4 unspecified atom stereocenters. The summed E-state index contributed by atoms with van der Waals surface area (Å²) < 4.78 is 11.7. The lowest BCUT2D eigenvalue weighted by Gasteiger charge is -2.45. The molecule has 0 radical (unpaired) electrons. The average Bonchev–Trinajstić information content (AvgIpc) is 3.43. The van der Waals surface area contributed by atoms with Gasteiger partial charge < -0.3 is 30.5 Å². The number of hydrogen-bond acceptors (Lipinski definition) is 5. The molecule has 262 valence electrons. The molecule has 9 nitrogen and oxygen atoms in total. The Labute approximate surface area is 274 Å². The molecule has 4 N–H and O–H groups in total. The van der Waals surface area contributed by atoms with Gasteiger partial charge in [0.2, 0.25) is 5.91 Å². The van der Waals surface area contributed by atoms with E-state index in [1.165, 1.54) is 89.9 Å². The minimum absolute atomic E-state index is 0.165. The van der Waals surface area contributed by atoms with Gasteiger partial charge in [0.25, 0.3) is 0 Å². The van der Waals surface area contributed by atoms with Crippen LogP contribution in [0.25, 0.3) is 0 Å². The lowest BCUT2D eigenvalue weighted by atomic mass is 9.84. The van der Waals surface area contributed by atoms with Crippen molar-refractivity contribution in [1.82, 2.24) is 16.0 Å². The quantitative estimate of drug-likeness (QED) is 0.0846. The fourth-order valence-corrected chi connectivity index (χ4v) is 6.82. The minimum atomic E-state index is -0.980. The Morgan fingerprint density at radius 2 is 1.33 bits per heavy atom. The molecule has 4 atom stereocenters. The molecule has 0 aromatic carbocycles. The molecular weight excluding hydrogens is 570 g/mol. The molecule has 1 saturated carbocycles. The van der Waals surface area contributed by atoms with Crippen molar-refractivity contribution < 1.29 is 29.0 Å². The van der Waals surface area contributed by atoms with Crippen molar-refractivity contribution in [2.45, 2.75) is 187 Å². The Morgan fingerprint density at radius 3 is 1.87 bits per heavy atom. The van der Waals surface area contributed by atoms with Crippen molar-refractivity contribution in [3.8, 4) is 0 Å². The van der Waals surface area contributed by atoms with E-state index in [2.05, 4.69) is 22.9 Å². The number of carbonyl (C=O) groups excluding carboxylic acids is 2. The van der Waals surface area contributed by atoms with Crippen molar-refractivity contribution in [3.05, 3.63) is 0 Å². The number of unbranched alkanes of at least 4 members (excludes halogenated alkanes) is 15. The number of urea groups is 1. The number of carboxylic acids is 1. The normalized spacial score (nSPS) is 22.9. The molecule has 9 heteroatoms. The van der Waals surface area contributed by atoms with Gasteiger partial charge in [-0.05, 0) is 33.1 Å². The highest BCUT2D eigenvalue weighted by atomic mass is 16.7. The summed E-state index contributed by atoms with van der Waals surface area (Å²) in [5.74, 6) is -2.38. The largest absolute Gasteiger partial charge is 0.481 e. The summed E-state index contributed by atoms with van der Waals surface area (Å²) in [5.41, 5.74) is -0.562. The first-order chi connectivity index (χ1) is 21.4.